The summed E-state index contributed by atoms with van der Waals surface area (Å²) in [4.78, 5) is 12.2. The minimum Gasteiger partial charge on any atom is -0.345 e. The van der Waals surface area contributed by atoms with Crippen molar-refractivity contribution in [3.8, 4) is 0 Å². The van der Waals surface area contributed by atoms with E-state index >= 15 is 0 Å². The summed E-state index contributed by atoms with van der Waals surface area (Å²) in [5, 5.41) is 7.14. The minimum absolute atomic E-state index is 0.0737. The molecule has 2 rings (SSSR count). The summed E-state index contributed by atoms with van der Waals surface area (Å²) < 4.78 is 1.70. The van der Waals surface area contributed by atoms with Gasteiger partial charge < -0.3 is 11.1 Å². The van der Waals surface area contributed by atoms with Crippen LogP contribution in [0.25, 0.3) is 0 Å². The normalized spacial score (nSPS) is 18.8. The maximum atomic E-state index is 12.2. The maximum Gasteiger partial charge on any atom is 0.255 e. The van der Waals surface area contributed by atoms with Crippen molar-refractivity contribution in [1.29, 1.82) is 0 Å². The fourth-order valence-corrected chi connectivity index (χ4v) is 2.09. The van der Waals surface area contributed by atoms with E-state index in [1.807, 2.05) is 20.9 Å². The molecule has 94 valence electrons. The van der Waals surface area contributed by atoms with Crippen LogP contribution >= 0.6 is 0 Å². The van der Waals surface area contributed by atoms with E-state index in [0.29, 0.717) is 18.0 Å². The van der Waals surface area contributed by atoms with E-state index in [1.54, 1.807) is 10.9 Å². The first-order valence-corrected chi connectivity index (χ1v) is 5.99. The van der Waals surface area contributed by atoms with E-state index in [2.05, 4.69) is 10.4 Å². The van der Waals surface area contributed by atoms with Gasteiger partial charge in [0, 0.05) is 19.3 Å². The zero-order chi connectivity index (χ0) is 12.6. The van der Waals surface area contributed by atoms with Crippen LogP contribution in [0.1, 0.15) is 35.8 Å². The first-order valence-electron chi connectivity index (χ1n) is 5.99. The molecule has 0 radical (unpaired) electrons. The van der Waals surface area contributed by atoms with Crippen LogP contribution in [0.5, 0.6) is 0 Å². The molecule has 0 spiro atoms. The van der Waals surface area contributed by atoms with Crippen molar-refractivity contribution in [3.63, 3.8) is 0 Å². The van der Waals surface area contributed by atoms with Gasteiger partial charge in [0.05, 0.1) is 17.3 Å². The van der Waals surface area contributed by atoms with E-state index in [-0.39, 0.29) is 11.4 Å². The van der Waals surface area contributed by atoms with Gasteiger partial charge in [0.15, 0.2) is 0 Å². The summed E-state index contributed by atoms with van der Waals surface area (Å²) in [5.74, 6) is 0.448. The highest BCUT2D eigenvalue weighted by Crippen LogP contribution is 2.39. The molecule has 1 fully saturated rings. The van der Waals surface area contributed by atoms with Crippen LogP contribution in [0.2, 0.25) is 0 Å². The number of carbonyl (C=O) groups is 1. The standard InChI is InChI=1S/C12H20N4O/c1-8-10(6-14-16(8)3)11(17)15-12(2,7-13)9-4-5-9/h6,9H,4-5,7,13H2,1-3H3,(H,15,17). The molecule has 5 nitrogen and oxygen atoms in total. The fraction of sp³-hybridized carbons (Fsp3) is 0.667. The summed E-state index contributed by atoms with van der Waals surface area (Å²) in [5.41, 5.74) is 7.01. The highest BCUT2D eigenvalue weighted by molar-refractivity contribution is 5.95. The van der Waals surface area contributed by atoms with Gasteiger partial charge in [-0.1, -0.05) is 0 Å². The topological polar surface area (TPSA) is 72.9 Å². The maximum absolute atomic E-state index is 12.2. The van der Waals surface area contributed by atoms with Gasteiger partial charge >= 0.3 is 0 Å². The van der Waals surface area contributed by atoms with Crippen LogP contribution in [-0.2, 0) is 7.05 Å². The third-order valence-corrected chi connectivity index (χ3v) is 3.78. The molecule has 3 N–H and O–H groups in total. The monoisotopic (exact) mass is 236 g/mol. The van der Waals surface area contributed by atoms with Gasteiger partial charge in [-0.05, 0) is 32.6 Å². The molecule has 0 aromatic carbocycles. The van der Waals surface area contributed by atoms with E-state index in [9.17, 15) is 4.79 Å². The van der Waals surface area contributed by atoms with Gasteiger partial charge in [-0.2, -0.15) is 5.10 Å². The number of aromatic nitrogens is 2. The fourth-order valence-electron chi connectivity index (χ4n) is 2.09. The number of nitrogens with one attached hydrogen (secondary N) is 1. The predicted octanol–water partition coefficient (Wildman–Crippen LogP) is 0.586. The first kappa shape index (κ1) is 12.1. The molecule has 1 aromatic rings. The molecular formula is C12H20N4O. The number of nitrogens with two attached hydrogens (primary N) is 1. The van der Waals surface area contributed by atoms with E-state index < -0.39 is 0 Å². The Labute approximate surface area is 101 Å². The number of carbonyl (C=O) groups excluding carboxylic acids is 1. The number of nitrogens with zero attached hydrogens (tertiary/aromatic N) is 2. The molecule has 0 aliphatic heterocycles. The molecule has 1 aromatic heterocycles. The van der Waals surface area contributed by atoms with Gasteiger partial charge in [-0.15, -0.1) is 0 Å². The Morgan fingerprint density at radius 1 is 1.71 bits per heavy atom. The van der Waals surface area contributed by atoms with Crippen LogP contribution in [0.15, 0.2) is 6.20 Å². The summed E-state index contributed by atoms with van der Waals surface area (Å²) in [6, 6.07) is 0. The average Bonchev–Trinajstić information content (AvgIpc) is 3.08. The van der Waals surface area contributed by atoms with Crippen molar-refractivity contribution in [2.24, 2.45) is 18.7 Å². The quantitative estimate of drug-likeness (QED) is 0.803. The van der Waals surface area contributed by atoms with Gasteiger partial charge in [-0.3, -0.25) is 9.48 Å². The smallest absolute Gasteiger partial charge is 0.255 e. The van der Waals surface area contributed by atoms with Crippen molar-refractivity contribution in [3.05, 3.63) is 17.5 Å². The summed E-state index contributed by atoms with van der Waals surface area (Å²) in [6.07, 6.45) is 3.91. The third-order valence-electron chi connectivity index (χ3n) is 3.78. The second-order valence-corrected chi connectivity index (χ2v) is 5.12. The van der Waals surface area contributed by atoms with Gasteiger partial charge in [0.1, 0.15) is 0 Å². The molecule has 1 heterocycles. The molecule has 0 bridgehead atoms. The van der Waals surface area contributed by atoms with E-state index in [0.717, 1.165) is 18.5 Å². The second-order valence-electron chi connectivity index (χ2n) is 5.12. The number of hydrogen-bond donors (Lipinski definition) is 2. The summed E-state index contributed by atoms with van der Waals surface area (Å²) in [6.45, 7) is 4.38. The van der Waals surface area contributed by atoms with Crippen LogP contribution in [0.4, 0.5) is 0 Å². The molecule has 5 heteroatoms. The van der Waals surface area contributed by atoms with Crippen molar-refractivity contribution < 1.29 is 4.79 Å². The van der Waals surface area contributed by atoms with Crippen molar-refractivity contribution >= 4 is 5.91 Å². The Bertz CT molecular complexity index is 436. The lowest BCUT2D eigenvalue weighted by molar-refractivity contribution is 0.0897. The zero-order valence-corrected chi connectivity index (χ0v) is 10.7. The van der Waals surface area contributed by atoms with Crippen LogP contribution in [0.3, 0.4) is 0 Å². The van der Waals surface area contributed by atoms with Crippen molar-refractivity contribution in [1.82, 2.24) is 15.1 Å². The van der Waals surface area contributed by atoms with Crippen molar-refractivity contribution in [2.45, 2.75) is 32.2 Å². The third kappa shape index (κ3) is 2.20. The lowest BCUT2D eigenvalue weighted by atomic mass is 9.95. The molecule has 1 unspecified atom stereocenters. The van der Waals surface area contributed by atoms with Gasteiger partial charge in [0.2, 0.25) is 0 Å². The molecule has 1 saturated carbocycles. The number of rotatable bonds is 4. The van der Waals surface area contributed by atoms with Crippen LogP contribution in [0, 0.1) is 12.8 Å². The Kier molecular flexibility index (Phi) is 2.95. The van der Waals surface area contributed by atoms with Crippen molar-refractivity contribution in [2.75, 3.05) is 6.54 Å². The minimum atomic E-state index is -0.278. The number of aryl methyl sites for hydroxylation is 1. The Morgan fingerprint density at radius 2 is 2.35 bits per heavy atom. The van der Waals surface area contributed by atoms with Gasteiger partial charge in [-0.25, -0.2) is 0 Å². The molecule has 1 atom stereocenters. The molecule has 1 amide bonds. The second kappa shape index (κ2) is 4.14. The molecule has 1 aliphatic rings. The van der Waals surface area contributed by atoms with Crippen LogP contribution in [-0.4, -0.2) is 27.8 Å². The summed E-state index contributed by atoms with van der Waals surface area (Å²) >= 11 is 0. The van der Waals surface area contributed by atoms with E-state index in [4.69, 9.17) is 5.73 Å². The summed E-state index contributed by atoms with van der Waals surface area (Å²) in [7, 11) is 1.83. The lowest BCUT2D eigenvalue weighted by Crippen LogP contribution is -2.53. The Morgan fingerprint density at radius 3 is 2.76 bits per heavy atom. The largest absolute Gasteiger partial charge is 0.345 e. The SMILES string of the molecule is Cc1c(C(=O)NC(C)(CN)C2CC2)cnn1C. The number of amides is 1. The highest BCUT2D eigenvalue weighted by atomic mass is 16.1. The Balaban J connectivity index is 2.13. The Hall–Kier alpha value is -1.36. The highest BCUT2D eigenvalue weighted by Gasteiger charge is 2.41. The van der Waals surface area contributed by atoms with Crippen LogP contribution < -0.4 is 11.1 Å². The first-order chi connectivity index (χ1) is 7.98. The molecular weight excluding hydrogens is 216 g/mol. The predicted molar refractivity (Wildman–Crippen MR) is 65.6 cm³/mol. The molecule has 1 aliphatic carbocycles. The van der Waals surface area contributed by atoms with Gasteiger partial charge in [0.25, 0.3) is 5.91 Å². The molecule has 17 heavy (non-hydrogen) atoms. The van der Waals surface area contributed by atoms with E-state index in [1.165, 1.54) is 0 Å². The zero-order valence-electron chi connectivity index (χ0n) is 10.7. The number of hydrogen-bond acceptors (Lipinski definition) is 3. The molecule has 0 saturated heterocycles. The average molecular weight is 236 g/mol. The lowest BCUT2D eigenvalue weighted by Gasteiger charge is -2.29.